The first-order valence-electron chi connectivity index (χ1n) is 11.3. The summed E-state index contributed by atoms with van der Waals surface area (Å²) >= 11 is 235. The summed E-state index contributed by atoms with van der Waals surface area (Å²) < 4.78 is -58.1. The molecule has 0 saturated heterocycles. The lowest BCUT2D eigenvalue weighted by atomic mass is 9.96. The molecule has 0 aromatic rings. The maximum Gasteiger partial charge on any atom is 0.226 e. The van der Waals surface area contributed by atoms with E-state index < -0.39 is 78.0 Å². The maximum absolute atomic E-state index is 6.56. The average Bonchev–Trinajstić information content (AvgIpc) is 2.94. The minimum Gasteiger partial charge on any atom is -0.102 e. The molecule has 0 fully saturated rings. The summed E-state index contributed by atoms with van der Waals surface area (Å²) in [7, 11) is 0. The molecule has 0 atom stereocenters. The van der Waals surface area contributed by atoms with Crippen molar-refractivity contribution in [2.24, 2.45) is 0 Å². The fourth-order valence-corrected chi connectivity index (χ4v) is 15.5. The Balaban J connectivity index is 7.82. The molecule has 0 nitrogen and oxygen atoms in total. The Hall–Kier alpha value is 10.7. The summed E-state index contributed by atoms with van der Waals surface area (Å²) in [6.45, 7) is 0. The molecule has 37 heteroatoms. The van der Waals surface area contributed by atoms with E-state index in [1.165, 1.54) is 0 Å². The van der Waals surface area contributed by atoms with Gasteiger partial charge in [0.2, 0.25) is 8.13 Å². The topological polar surface area (TPSA) is 0 Å². The molecular formula is C18HCl37. The molecule has 0 spiro atoms. The second-order valence-corrected chi connectivity index (χ2v) is 34.7. The largest absolute Gasteiger partial charge is 0.226 e. The van der Waals surface area contributed by atoms with Gasteiger partial charge in [-0.3, -0.25) is 0 Å². The van der Waals surface area contributed by atoms with Gasteiger partial charge in [-0.1, -0.05) is 406 Å². The number of hydrogen-bond donors (Lipinski definition) is 0. The van der Waals surface area contributed by atoms with Crippen LogP contribution in [0.4, 0.5) is 0 Å². The van der Waals surface area contributed by atoms with Crippen LogP contribution in [0.25, 0.3) is 0 Å². The number of halogens is 37. The molecule has 0 rings (SSSR count). The number of hydrogen-bond acceptors (Lipinski definition) is 0. The lowest BCUT2D eigenvalue weighted by Crippen LogP contribution is -2.76. The van der Waals surface area contributed by atoms with Crippen molar-refractivity contribution in [3.8, 4) is 0 Å². The summed E-state index contributed by atoms with van der Waals surface area (Å²) in [5.41, 5.74) is 0. The normalized spacial score (nSPS) is 17.3. The van der Waals surface area contributed by atoms with Gasteiger partial charge >= 0.3 is 0 Å². The van der Waals surface area contributed by atoms with E-state index in [1.807, 2.05) is 0 Å². The molecule has 0 aliphatic heterocycles. The minimum absolute atomic E-state index is 1.92. The van der Waals surface area contributed by atoms with Crippen LogP contribution in [-0.2, 0) is 0 Å². The van der Waals surface area contributed by atoms with Gasteiger partial charge in [0.1, 0.15) is 4.84 Å². The molecule has 55 heavy (non-hydrogen) atoms. The molecule has 0 aliphatic rings. The van der Waals surface area contributed by atoms with Crippen LogP contribution >= 0.6 is 429 Å². The predicted molar refractivity (Wildman–Crippen MR) is 267 cm³/mol. The molecule has 332 valence electrons. The second-order valence-electron chi connectivity index (χ2n) is 10.0. The van der Waals surface area contributed by atoms with Crippen LogP contribution < -0.4 is 0 Å². The van der Waals surface area contributed by atoms with Crippen LogP contribution in [0.5, 0.6) is 0 Å². The summed E-state index contributed by atoms with van der Waals surface area (Å²) in [5, 5.41) is 0. The molecule has 0 radical (unpaired) electrons. The Morgan fingerprint density at radius 3 is 0.382 bits per heavy atom. The SMILES string of the molecule is ClC(Cl)C(Cl)(Cl)C(Cl)(Cl)C(Cl)(Cl)C(Cl)(Cl)C(Cl)(Cl)C(Cl)(Cl)C(Cl)(Cl)C(Cl)(Cl)C(Cl)(Cl)C(Cl)(Cl)C(Cl)(Cl)C(Cl)(Cl)C(Cl)(Cl)C(Cl)(Cl)C(Cl)(Cl)C(Cl)(Cl)C(Cl)(Cl)Cl. The smallest absolute Gasteiger partial charge is 0.102 e. The summed E-state index contributed by atoms with van der Waals surface area (Å²) in [6, 6.07) is 0. The third-order valence-electron chi connectivity index (χ3n) is 6.57. The Morgan fingerprint density at radius 2 is 0.273 bits per heavy atom. The second kappa shape index (κ2) is 19.6. The van der Waals surface area contributed by atoms with Crippen LogP contribution in [-0.4, -0.2) is 78.0 Å². The standard InChI is InChI=1S/C18HCl37/c19-1(20)2(21,22)3(23,24)4(25,26)5(27,28)6(29,30)7(31,32)8(33,34)9(35,36)10(37,38)11(39,40)12(41,42)13(43,44)14(45,46)15(47,48)16(49,50)17(51,52)18(53,54)55/h1H. The highest BCUT2D eigenvalue weighted by atomic mass is 35.6. The van der Waals surface area contributed by atoms with E-state index in [0.29, 0.717) is 0 Å². The monoisotopic (exact) mass is 1510 g/mol. The first-order chi connectivity index (χ1) is 22.9. The molecule has 0 unspecified atom stereocenters. The number of alkyl halides is 37. The van der Waals surface area contributed by atoms with Gasteiger partial charge in [-0.2, -0.15) is 0 Å². The van der Waals surface area contributed by atoms with E-state index in [1.54, 1.807) is 0 Å². The highest BCUT2D eigenvalue weighted by Gasteiger charge is 2.88. The summed E-state index contributed by atoms with van der Waals surface area (Å²) in [4.78, 5) is -1.92. The zero-order chi connectivity index (χ0) is 46.1. The van der Waals surface area contributed by atoms with Gasteiger partial charge < -0.3 is 0 Å². The van der Waals surface area contributed by atoms with Crippen molar-refractivity contribution in [2.75, 3.05) is 0 Å². The van der Waals surface area contributed by atoms with Crippen molar-refractivity contribution < 1.29 is 0 Å². The lowest BCUT2D eigenvalue weighted by molar-refractivity contribution is 0.393. The van der Waals surface area contributed by atoms with E-state index in [4.69, 9.17) is 429 Å². The van der Waals surface area contributed by atoms with Gasteiger partial charge in [-0.05, 0) is 0 Å². The van der Waals surface area contributed by atoms with Crippen LogP contribution in [0.2, 0.25) is 0 Å². The van der Waals surface area contributed by atoms with E-state index in [0.717, 1.165) is 0 Å². The molecule has 0 aromatic carbocycles. The van der Waals surface area contributed by atoms with Gasteiger partial charge in [0.15, 0.2) is 65.0 Å². The minimum atomic E-state index is -3.69. The third kappa shape index (κ3) is 9.86. The Labute approximate surface area is 498 Å². The Morgan fingerprint density at radius 1 is 0.164 bits per heavy atom. The quantitative estimate of drug-likeness (QED) is 0.135. The van der Waals surface area contributed by atoms with E-state index in [2.05, 4.69) is 0 Å². The summed E-state index contributed by atoms with van der Waals surface area (Å²) in [5.74, 6) is 0. The Kier molecular flexibility index (Phi) is 23.5. The first kappa shape index (κ1) is 65.7. The van der Waals surface area contributed by atoms with Crippen molar-refractivity contribution in [1.82, 2.24) is 0 Å². The molecule has 0 aromatic heterocycles. The highest BCUT2D eigenvalue weighted by Crippen LogP contribution is 2.78. The van der Waals surface area contributed by atoms with Crippen molar-refractivity contribution >= 4 is 429 Å². The summed E-state index contributed by atoms with van der Waals surface area (Å²) in [6.07, 6.45) is 0. The zero-order valence-electron chi connectivity index (χ0n) is 23.1. The molecular weight excluding hydrogens is 1530 g/mol. The molecule has 0 N–H and O–H groups in total. The van der Waals surface area contributed by atoms with Crippen molar-refractivity contribution in [3.05, 3.63) is 0 Å². The van der Waals surface area contributed by atoms with Crippen LogP contribution in [0.3, 0.4) is 0 Å². The molecule has 0 bridgehead atoms. The molecule has 0 aliphatic carbocycles. The third-order valence-corrected chi connectivity index (χ3v) is 32.9. The van der Waals surface area contributed by atoms with Crippen LogP contribution in [0, 0.1) is 0 Å². The number of rotatable bonds is 16. The van der Waals surface area contributed by atoms with Gasteiger partial charge in [-0.15, -0.1) is 23.2 Å². The van der Waals surface area contributed by atoms with Gasteiger partial charge in [-0.25, -0.2) is 0 Å². The fraction of sp³-hybridized carbons (Fsp3) is 1.00. The first-order valence-corrected chi connectivity index (χ1v) is 25.4. The van der Waals surface area contributed by atoms with Crippen molar-refractivity contribution in [3.63, 3.8) is 0 Å². The maximum atomic E-state index is 6.56. The van der Waals surface area contributed by atoms with Crippen LogP contribution in [0.15, 0.2) is 0 Å². The molecule has 0 amide bonds. The van der Waals surface area contributed by atoms with Gasteiger partial charge in [0.05, 0.1) is 0 Å². The van der Waals surface area contributed by atoms with Gasteiger partial charge in [0.25, 0.3) is 0 Å². The zero-order valence-corrected chi connectivity index (χ0v) is 51.0. The van der Waals surface area contributed by atoms with E-state index in [-0.39, 0.29) is 0 Å². The van der Waals surface area contributed by atoms with E-state index in [9.17, 15) is 0 Å². The van der Waals surface area contributed by atoms with E-state index >= 15 is 0 Å². The Bertz CT molecular complexity index is 1380. The highest BCUT2D eigenvalue weighted by molar-refractivity contribution is 6.86. The van der Waals surface area contributed by atoms with Gasteiger partial charge in [0, 0.05) is 0 Å². The molecule has 0 saturated carbocycles. The van der Waals surface area contributed by atoms with Crippen molar-refractivity contribution in [2.45, 2.75) is 78.0 Å². The lowest BCUT2D eigenvalue weighted by Gasteiger charge is -2.59. The van der Waals surface area contributed by atoms with Crippen molar-refractivity contribution in [1.29, 1.82) is 0 Å². The average molecular weight is 1530 g/mol. The predicted octanol–water partition coefficient (Wildman–Crippen LogP) is 21.9. The fourth-order valence-electron chi connectivity index (χ4n) is 3.09. The van der Waals surface area contributed by atoms with Crippen LogP contribution in [0.1, 0.15) is 0 Å². The molecule has 0 heterocycles.